The van der Waals surface area contributed by atoms with Crippen molar-refractivity contribution < 1.29 is 22.7 Å². The molecule has 6 nitrogen and oxygen atoms in total. The van der Waals surface area contributed by atoms with E-state index in [1.807, 2.05) is 6.08 Å². The van der Waals surface area contributed by atoms with Crippen molar-refractivity contribution >= 4 is 21.8 Å². The molecule has 4 aliphatic rings. The molecule has 4 unspecified atom stereocenters. The standard InChI is InChI=1S/C27H35NO5S/c1-16-14-18-15-19(29)10-12-26(18,2)22-11-13-27(3)21(24(16)22)8-9-23(27)33-25(30)17-4-6-20(7-5-17)34(28,31)32/h4-7,15-16,21-24H,8-14H2,1-3H3,(H2,28,31,32)/t16?,21?,22?,23-,24?,26-,27-/m0/s1. The van der Waals surface area contributed by atoms with Gasteiger partial charge in [-0.05, 0) is 98.0 Å². The molecule has 3 saturated carbocycles. The molecule has 1 aromatic carbocycles. The molecule has 0 saturated heterocycles. The summed E-state index contributed by atoms with van der Waals surface area (Å²) >= 11 is 0. The van der Waals surface area contributed by atoms with E-state index in [9.17, 15) is 18.0 Å². The summed E-state index contributed by atoms with van der Waals surface area (Å²) in [6.07, 6.45) is 8.45. The predicted octanol–water partition coefficient (Wildman–Crippen LogP) is 4.64. The van der Waals surface area contributed by atoms with Crippen molar-refractivity contribution in [1.29, 1.82) is 0 Å². The molecule has 34 heavy (non-hydrogen) atoms. The Balaban J connectivity index is 1.36. The maximum Gasteiger partial charge on any atom is 0.338 e. The number of hydrogen-bond donors (Lipinski definition) is 1. The zero-order chi connectivity index (χ0) is 24.5. The van der Waals surface area contributed by atoms with Crippen molar-refractivity contribution in [3.63, 3.8) is 0 Å². The number of carbonyl (C=O) groups excluding carboxylic acids is 2. The summed E-state index contributed by atoms with van der Waals surface area (Å²) < 4.78 is 29.1. The number of benzene rings is 1. The zero-order valence-corrected chi connectivity index (χ0v) is 21.1. The minimum atomic E-state index is -3.80. The summed E-state index contributed by atoms with van der Waals surface area (Å²) in [4.78, 5) is 25.1. The molecule has 3 fully saturated rings. The summed E-state index contributed by atoms with van der Waals surface area (Å²) in [7, 11) is -3.80. The summed E-state index contributed by atoms with van der Waals surface area (Å²) in [6.45, 7) is 7.03. The molecule has 0 aromatic heterocycles. The number of esters is 1. The smallest absolute Gasteiger partial charge is 0.338 e. The summed E-state index contributed by atoms with van der Waals surface area (Å²) in [5.74, 6) is 2.04. The highest BCUT2D eigenvalue weighted by Crippen LogP contribution is 2.66. The lowest BCUT2D eigenvalue weighted by Crippen LogP contribution is -2.54. The third-order valence-electron chi connectivity index (χ3n) is 9.89. The van der Waals surface area contributed by atoms with Crippen LogP contribution >= 0.6 is 0 Å². The largest absolute Gasteiger partial charge is 0.458 e. The van der Waals surface area contributed by atoms with Crippen LogP contribution in [0.15, 0.2) is 40.8 Å². The van der Waals surface area contributed by atoms with E-state index in [1.165, 1.54) is 29.8 Å². The Bertz CT molecular complexity index is 1160. The van der Waals surface area contributed by atoms with Gasteiger partial charge in [-0.3, -0.25) is 4.79 Å². The molecule has 1 aromatic rings. The zero-order valence-electron chi connectivity index (χ0n) is 20.3. The number of primary sulfonamides is 1. The average Bonchev–Trinajstić information content (AvgIpc) is 3.10. The molecule has 2 N–H and O–H groups in total. The molecule has 4 aliphatic carbocycles. The van der Waals surface area contributed by atoms with Gasteiger partial charge in [0, 0.05) is 11.8 Å². The van der Waals surface area contributed by atoms with Gasteiger partial charge in [-0.15, -0.1) is 0 Å². The topological polar surface area (TPSA) is 104 Å². The predicted molar refractivity (Wildman–Crippen MR) is 128 cm³/mol. The van der Waals surface area contributed by atoms with E-state index >= 15 is 0 Å². The Morgan fingerprint density at radius 3 is 2.44 bits per heavy atom. The second kappa shape index (κ2) is 8.02. The van der Waals surface area contributed by atoms with Crippen molar-refractivity contribution in [2.45, 2.75) is 76.7 Å². The molecule has 0 amide bonds. The first kappa shape index (κ1) is 23.7. The Labute approximate surface area is 202 Å². The number of carbonyl (C=O) groups is 2. The number of rotatable bonds is 3. The Kier molecular flexibility index (Phi) is 5.60. The molecule has 0 aliphatic heterocycles. The van der Waals surface area contributed by atoms with Gasteiger partial charge in [0.15, 0.2) is 5.78 Å². The number of nitrogens with two attached hydrogens (primary N) is 1. The van der Waals surface area contributed by atoms with Gasteiger partial charge in [0.05, 0.1) is 10.5 Å². The van der Waals surface area contributed by atoms with Crippen LogP contribution in [0.4, 0.5) is 0 Å². The van der Waals surface area contributed by atoms with Gasteiger partial charge in [0.25, 0.3) is 0 Å². The van der Waals surface area contributed by atoms with Crippen molar-refractivity contribution in [2.75, 3.05) is 0 Å². The van der Waals surface area contributed by atoms with Crippen molar-refractivity contribution in [3.05, 3.63) is 41.5 Å². The third-order valence-corrected chi connectivity index (χ3v) is 10.8. The normalized spacial score (nSPS) is 39.5. The number of ether oxygens (including phenoxy) is 1. The number of hydrogen-bond acceptors (Lipinski definition) is 5. The van der Waals surface area contributed by atoms with Gasteiger partial charge in [-0.2, -0.15) is 0 Å². The Morgan fingerprint density at radius 2 is 1.76 bits per heavy atom. The van der Waals surface area contributed by atoms with Crippen LogP contribution in [0.25, 0.3) is 0 Å². The summed E-state index contributed by atoms with van der Waals surface area (Å²) in [6, 6.07) is 5.63. The maximum absolute atomic E-state index is 13.0. The third kappa shape index (κ3) is 3.67. The fourth-order valence-electron chi connectivity index (χ4n) is 8.03. The lowest BCUT2D eigenvalue weighted by atomic mass is 9.45. The molecule has 0 radical (unpaired) electrons. The van der Waals surface area contributed by atoms with E-state index in [2.05, 4.69) is 20.8 Å². The number of allylic oxidation sites excluding steroid dienone is 1. The molecule has 184 valence electrons. The van der Waals surface area contributed by atoms with E-state index in [-0.39, 0.29) is 27.6 Å². The molecular formula is C27H35NO5S. The van der Waals surface area contributed by atoms with Crippen molar-refractivity contribution in [3.8, 4) is 0 Å². The highest BCUT2D eigenvalue weighted by molar-refractivity contribution is 7.89. The van der Waals surface area contributed by atoms with Gasteiger partial charge in [-0.1, -0.05) is 26.3 Å². The number of sulfonamides is 1. The van der Waals surface area contributed by atoms with Crippen molar-refractivity contribution in [1.82, 2.24) is 0 Å². The van der Waals surface area contributed by atoms with Gasteiger partial charge in [0.2, 0.25) is 10.0 Å². The molecular weight excluding hydrogens is 450 g/mol. The highest BCUT2D eigenvalue weighted by atomic mass is 32.2. The summed E-state index contributed by atoms with van der Waals surface area (Å²) in [5.41, 5.74) is 1.76. The average molecular weight is 486 g/mol. The second-order valence-corrected chi connectivity index (χ2v) is 13.2. The second-order valence-electron chi connectivity index (χ2n) is 11.6. The quantitative estimate of drug-likeness (QED) is 0.628. The first-order chi connectivity index (χ1) is 15.9. The minimum Gasteiger partial charge on any atom is -0.458 e. The number of ketones is 1. The van der Waals surface area contributed by atoms with Gasteiger partial charge < -0.3 is 4.74 Å². The van der Waals surface area contributed by atoms with Crippen LogP contribution in [0, 0.1) is 34.5 Å². The van der Waals surface area contributed by atoms with Gasteiger partial charge >= 0.3 is 5.97 Å². The summed E-state index contributed by atoms with van der Waals surface area (Å²) in [5, 5.41) is 5.16. The van der Waals surface area contributed by atoms with Gasteiger partial charge in [0.1, 0.15) is 6.10 Å². The van der Waals surface area contributed by atoms with Crippen molar-refractivity contribution in [2.24, 2.45) is 39.6 Å². The number of fused-ring (bicyclic) bond motifs is 5. The maximum atomic E-state index is 13.0. The molecule has 0 spiro atoms. The highest BCUT2D eigenvalue weighted by Gasteiger charge is 2.61. The molecule has 5 rings (SSSR count). The van der Waals surface area contributed by atoms with Gasteiger partial charge in [-0.25, -0.2) is 18.4 Å². The minimum absolute atomic E-state index is 0.0205. The van der Waals surface area contributed by atoms with Crippen LogP contribution in [0.2, 0.25) is 0 Å². The molecule has 0 heterocycles. The van der Waals surface area contributed by atoms with Crippen LogP contribution in [-0.4, -0.2) is 26.3 Å². The molecule has 7 heteroatoms. The van der Waals surface area contributed by atoms with E-state index in [1.54, 1.807) is 0 Å². The lowest BCUT2D eigenvalue weighted by Gasteiger charge is -2.59. The van der Waals surface area contributed by atoms with Crippen LogP contribution in [-0.2, 0) is 19.6 Å². The van der Waals surface area contributed by atoms with Crippen LogP contribution in [0.1, 0.15) is 76.1 Å². The fourth-order valence-corrected chi connectivity index (χ4v) is 8.54. The Hall–Kier alpha value is -1.99. The first-order valence-corrected chi connectivity index (χ1v) is 14.1. The molecule has 0 bridgehead atoms. The van der Waals surface area contributed by atoms with E-state index in [0.717, 1.165) is 38.5 Å². The van der Waals surface area contributed by atoms with E-state index in [4.69, 9.17) is 9.88 Å². The lowest BCUT2D eigenvalue weighted by molar-refractivity contribution is -0.119. The molecule has 7 atom stereocenters. The Morgan fingerprint density at radius 1 is 1.06 bits per heavy atom. The first-order valence-electron chi connectivity index (χ1n) is 12.5. The van der Waals surface area contributed by atoms with E-state index < -0.39 is 16.0 Å². The van der Waals surface area contributed by atoms with E-state index in [0.29, 0.717) is 35.7 Å². The van der Waals surface area contributed by atoms with Crippen LogP contribution in [0.5, 0.6) is 0 Å². The fraction of sp³-hybridized carbons (Fsp3) is 0.630. The SMILES string of the molecule is CC1CC2=CC(=O)CC[C@]2(C)C2CC[C@@]3(C)C(CC[C@@H]3OC(=O)c3ccc(S(N)(=O)=O)cc3)C12. The van der Waals surface area contributed by atoms with Crippen LogP contribution in [0.3, 0.4) is 0 Å². The monoisotopic (exact) mass is 485 g/mol. The van der Waals surface area contributed by atoms with Crippen LogP contribution < -0.4 is 5.14 Å².